The van der Waals surface area contributed by atoms with E-state index >= 15 is 0 Å². The van der Waals surface area contributed by atoms with Crippen LogP contribution in [0.3, 0.4) is 0 Å². The number of nitrogens with one attached hydrogen (secondary N) is 1. The molecule has 23 heavy (non-hydrogen) atoms. The van der Waals surface area contributed by atoms with Crippen molar-refractivity contribution in [2.45, 2.75) is 19.9 Å². The van der Waals surface area contributed by atoms with Gasteiger partial charge in [0.1, 0.15) is 6.33 Å². The van der Waals surface area contributed by atoms with Crippen LogP contribution in [0, 0.1) is 13.8 Å². The van der Waals surface area contributed by atoms with Crippen molar-refractivity contribution in [1.29, 1.82) is 0 Å². The van der Waals surface area contributed by atoms with E-state index in [0.717, 1.165) is 23.6 Å². The molecule has 6 heteroatoms. The number of nitrogens with zero attached hydrogens (tertiary/aromatic N) is 5. The molecule has 0 saturated heterocycles. The van der Waals surface area contributed by atoms with Gasteiger partial charge in [0.05, 0.1) is 17.4 Å². The molecule has 0 aliphatic rings. The number of hydrogen-bond acceptors (Lipinski definition) is 5. The lowest BCUT2D eigenvalue weighted by molar-refractivity contribution is 0.312. The molecule has 0 bridgehead atoms. The normalized spacial score (nSPS) is 12.7. The number of rotatable bonds is 5. The second-order valence-electron chi connectivity index (χ2n) is 6.07. The average molecular weight is 310 g/mol. The highest BCUT2D eigenvalue weighted by molar-refractivity contribution is 5.66. The molecule has 2 aromatic heterocycles. The van der Waals surface area contributed by atoms with Gasteiger partial charge >= 0.3 is 0 Å². The van der Waals surface area contributed by atoms with Crippen molar-refractivity contribution in [3.63, 3.8) is 0 Å². The zero-order chi connectivity index (χ0) is 16.4. The molecule has 0 amide bonds. The third-order valence-corrected chi connectivity index (χ3v) is 3.96. The van der Waals surface area contributed by atoms with Gasteiger partial charge in [-0.1, -0.05) is 29.8 Å². The largest absolute Gasteiger partial charge is 0.380 e. The van der Waals surface area contributed by atoms with Crippen LogP contribution in [-0.4, -0.2) is 45.4 Å². The molecule has 0 spiro atoms. The van der Waals surface area contributed by atoms with Gasteiger partial charge in [0.15, 0.2) is 0 Å². The maximum absolute atomic E-state index is 4.37. The zero-order valence-corrected chi connectivity index (χ0v) is 14.0. The molecule has 0 radical (unpaired) electrons. The van der Waals surface area contributed by atoms with E-state index < -0.39 is 0 Å². The van der Waals surface area contributed by atoms with Gasteiger partial charge in [0, 0.05) is 6.54 Å². The Balaban J connectivity index is 1.83. The quantitative estimate of drug-likeness (QED) is 0.784. The van der Waals surface area contributed by atoms with Crippen LogP contribution in [0.5, 0.6) is 0 Å². The summed E-state index contributed by atoms with van der Waals surface area (Å²) < 4.78 is 1.70. The SMILES string of the molecule is Cc1ccc(C(CNc2cc(C)nn3cnnc23)N(C)C)cc1. The fourth-order valence-electron chi connectivity index (χ4n) is 2.68. The van der Waals surface area contributed by atoms with Gasteiger partial charge < -0.3 is 10.2 Å². The Kier molecular flexibility index (Phi) is 4.25. The van der Waals surface area contributed by atoms with Gasteiger partial charge in [0.25, 0.3) is 0 Å². The van der Waals surface area contributed by atoms with Crippen LogP contribution in [-0.2, 0) is 0 Å². The van der Waals surface area contributed by atoms with Gasteiger partial charge in [-0.15, -0.1) is 10.2 Å². The molecular weight excluding hydrogens is 288 g/mol. The Labute approximate surface area is 136 Å². The summed E-state index contributed by atoms with van der Waals surface area (Å²) in [5, 5.41) is 15.9. The second kappa shape index (κ2) is 6.34. The lowest BCUT2D eigenvalue weighted by Gasteiger charge is -2.25. The summed E-state index contributed by atoms with van der Waals surface area (Å²) in [4.78, 5) is 2.22. The number of hydrogen-bond donors (Lipinski definition) is 1. The van der Waals surface area contributed by atoms with Gasteiger partial charge in [-0.2, -0.15) is 9.61 Å². The number of fused-ring (bicyclic) bond motifs is 1. The molecule has 1 aromatic carbocycles. The summed E-state index contributed by atoms with van der Waals surface area (Å²) in [7, 11) is 4.19. The predicted molar refractivity (Wildman–Crippen MR) is 91.6 cm³/mol. The highest BCUT2D eigenvalue weighted by atomic mass is 15.3. The molecular formula is C17H22N6. The summed E-state index contributed by atoms with van der Waals surface area (Å²) in [6.45, 7) is 4.85. The number of aryl methyl sites for hydroxylation is 2. The topological polar surface area (TPSA) is 58.4 Å². The van der Waals surface area contributed by atoms with E-state index in [-0.39, 0.29) is 6.04 Å². The highest BCUT2D eigenvalue weighted by Gasteiger charge is 2.15. The van der Waals surface area contributed by atoms with Crippen LogP contribution in [0.4, 0.5) is 5.69 Å². The van der Waals surface area contributed by atoms with Crippen LogP contribution >= 0.6 is 0 Å². The predicted octanol–water partition coefficient (Wildman–Crippen LogP) is 2.46. The van der Waals surface area contributed by atoms with Crippen molar-refractivity contribution >= 4 is 11.3 Å². The number of anilines is 1. The fraction of sp³-hybridized carbons (Fsp3) is 0.353. The van der Waals surface area contributed by atoms with Gasteiger partial charge in [-0.25, -0.2) is 0 Å². The van der Waals surface area contributed by atoms with E-state index in [1.165, 1.54) is 11.1 Å². The molecule has 0 aliphatic heterocycles. The minimum Gasteiger partial charge on any atom is -0.380 e. The summed E-state index contributed by atoms with van der Waals surface area (Å²) in [5.41, 5.74) is 5.19. The van der Waals surface area contributed by atoms with Gasteiger partial charge in [-0.3, -0.25) is 0 Å². The number of likely N-dealkylation sites (N-methyl/N-ethyl adjacent to an activating group) is 1. The average Bonchev–Trinajstić information content (AvgIpc) is 2.97. The number of benzene rings is 1. The zero-order valence-electron chi connectivity index (χ0n) is 14.0. The van der Waals surface area contributed by atoms with Crippen LogP contribution in [0.1, 0.15) is 22.9 Å². The smallest absolute Gasteiger partial charge is 0.200 e. The molecule has 1 unspecified atom stereocenters. The highest BCUT2D eigenvalue weighted by Crippen LogP contribution is 2.21. The Morgan fingerprint density at radius 3 is 2.61 bits per heavy atom. The monoisotopic (exact) mass is 310 g/mol. The Morgan fingerprint density at radius 2 is 1.91 bits per heavy atom. The lowest BCUT2D eigenvalue weighted by atomic mass is 10.0. The Morgan fingerprint density at radius 1 is 1.17 bits per heavy atom. The molecule has 0 fully saturated rings. The van der Waals surface area contributed by atoms with Crippen molar-refractivity contribution in [3.8, 4) is 0 Å². The molecule has 1 N–H and O–H groups in total. The molecule has 1 atom stereocenters. The molecule has 2 heterocycles. The first-order chi connectivity index (χ1) is 11.0. The molecule has 0 aliphatic carbocycles. The second-order valence-corrected chi connectivity index (χ2v) is 6.07. The minimum absolute atomic E-state index is 0.270. The molecule has 3 aromatic rings. The van der Waals surface area contributed by atoms with E-state index in [4.69, 9.17) is 0 Å². The third kappa shape index (κ3) is 3.32. The van der Waals surface area contributed by atoms with Crippen molar-refractivity contribution in [2.24, 2.45) is 0 Å². The first-order valence-electron chi connectivity index (χ1n) is 7.69. The Bertz CT molecular complexity index is 790. The van der Waals surface area contributed by atoms with Crippen molar-refractivity contribution in [1.82, 2.24) is 24.7 Å². The van der Waals surface area contributed by atoms with Gasteiger partial charge in [-0.05, 0) is 39.6 Å². The van der Waals surface area contributed by atoms with Crippen LogP contribution in [0.15, 0.2) is 36.7 Å². The van der Waals surface area contributed by atoms with Crippen LogP contribution in [0.2, 0.25) is 0 Å². The number of aromatic nitrogens is 4. The van der Waals surface area contributed by atoms with Crippen LogP contribution < -0.4 is 5.32 Å². The summed E-state index contributed by atoms with van der Waals surface area (Å²) in [5.74, 6) is 0. The fourth-order valence-corrected chi connectivity index (χ4v) is 2.68. The molecule has 3 rings (SSSR count). The van der Waals surface area contributed by atoms with Crippen LogP contribution in [0.25, 0.3) is 5.65 Å². The molecule has 0 saturated carbocycles. The van der Waals surface area contributed by atoms with Crippen molar-refractivity contribution in [3.05, 3.63) is 53.5 Å². The van der Waals surface area contributed by atoms with E-state index in [1.54, 1.807) is 10.8 Å². The summed E-state index contributed by atoms with van der Waals surface area (Å²) >= 11 is 0. The van der Waals surface area contributed by atoms with Crippen molar-refractivity contribution in [2.75, 3.05) is 26.0 Å². The first kappa shape index (κ1) is 15.4. The van der Waals surface area contributed by atoms with E-state index in [1.807, 2.05) is 13.0 Å². The third-order valence-electron chi connectivity index (χ3n) is 3.96. The van der Waals surface area contributed by atoms with Crippen molar-refractivity contribution < 1.29 is 0 Å². The van der Waals surface area contributed by atoms with E-state index in [9.17, 15) is 0 Å². The Hall–Kier alpha value is -2.47. The molecule has 120 valence electrons. The maximum atomic E-state index is 4.37. The molecule has 6 nitrogen and oxygen atoms in total. The first-order valence-corrected chi connectivity index (χ1v) is 7.69. The summed E-state index contributed by atoms with van der Waals surface area (Å²) in [6, 6.07) is 11.0. The van der Waals surface area contributed by atoms with E-state index in [2.05, 4.69) is 70.8 Å². The minimum atomic E-state index is 0.270. The van der Waals surface area contributed by atoms with E-state index in [0.29, 0.717) is 0 Å². The maximum Gasteiger partial charge on any atom is 0.200 e. The lowest BCUT2D eigenvalue weighted by Crippen LogP contribution is -2.27. The summed E-state index contributed by atoms with van der Waals surface area (Å²) in [6.07, 6.45) is 1.62. The standard InChI is InChI=1S/C17H22N6/c1-12-5-7-14(8-6-12)16(22(3)4)10-18-15-9-13(2)21-23-11-19-20-17(15)23/h5-9,11,16,18H,10H2,1-4H3. The van der Waals surface area contributed by atoms with Gasteiger partial charge in [0.2, 0.25) is 5.65 Å².